The molecular weight excluding hydrogens is 371 g/mol. The molecule has 6 nitrogen and oxygen atoms in total. The summed E-state index contributed by atoms with van der Waals surface area (Å²) in [6, 6.07) is 2.29. The lowest BCUT2D eigenvalue weighted by molar-refractivity contribution is -0.142. The topological polar surface area (TPSA) is 62.5 Å². The van der Waals surface area contributed by atoms with Crippen LogP contribution in [0.1, 0.15) is 62.9 Å². The normalized spacial score (nSPS) is 12.8. The van der Waals surface area contributed by atoms with Crippen molar-refractivity contribution in [2.24, 2.45) is 0 Å². The standard InChI is InChI=1S/C19H28F3N5O/c1-6-26(7-2)10-8-9-23-17(28)13-11-16-24-14(18(3,4)5)12-15(19(20,21)22)27(16)25-13/h11-12H,6-10H2,1-5H3,(H,23,28). The molecule has 1 N–H and O–H groups in total. The molecule has 9 heteroatoms. The summed E-state index contributed by atoms with van der Waals surface area (Å²) in [6.45, 7) is 12.6. The van der Waals surface area contributed by atoms with Crippen LogP contribution in [0.15, 0.2) is 12.1 Å². The first-order valence-electron chi connectivity index (χ1n) is 9.46. The summed E-state index contributed by atoms with van der Waals surface area (Å²) in [7, 11) is 0. The Morgan fingerprint density at radius 3 is 2.36 bits per heavy atom. The fourth-order valence-electron chi connectivity index (χ4n) is 2.81. The van der Waals surface area contributed by atoms with Crippen molar-refractivity contribution in [2.75, 3.05) is 26.2 Å². The average Bonchev–Trinajstić information content (AvgIpc) is 3.03. The minimum atomic E-state index is -4.61. The quantitative estimate of drug-likeness (QED) is 0.724. The summed E-state index contributed by atoms with van der Waals surface area (Å²) in [4.78, 5) is 18.8. The fourth-order valence-corrected chi connectivity index (χ4v) is 2.81. The Labute approximate surface area is 163 Å². The number of halogens is 3. The maximum atomic E-state index is 13.5. The van der Waals surface area contributed by atoms with Crippen molar-refractivity contribution in [1.82, 2.24) is 24.8 Å². The molecule has 0 aliphatic carbocycles. The van der Waals surface area contributed by atoms with Crippen LogP contribution >= 0.6 is 0 Å². The maximum absolute atomic E-state index is 13.5. The number of carbonyl (C=O) groups is 1. The monoisotopic (exact) mass is 399 g/mol. The van der Waals surface area contributed by atoms with Crippen LogP contribution in [0.5, 0.6) is 0 Å². The van der Waals surface area contributed by atoms with Crippen molar-refractivity contribution in [3.8, 4) is 0 Å². The van der Waals surface area contributed by atoms with Crippen LogP contribution < -0.4 is 5.32 Å². The highest BCUT2D eigenvalue weighted by molar-refractivity contribution is 5.93. The molecule has 2 rings (SSSR count). The van der Waals surface area contributed by atoms with Crippen molar-refractivity contribution in [2.45, 2.75) is 52.6 Å². The molecule has 2 aromatic rings. The molecule has 1 amide bonds. The van der Waals surface area contributed by atoms with Gasteiger partial charge in [-0.3, -0.25) is 4.79 Å². The molecule has 0 aromatic carbocycles. The third-order valence-electron chi connectivity index (χ3n) is 4.55. The Morgan fingerprint density at radius 1 is 1.18 bits per heavy atom. The van der Waals surface area contributed by atoms with Gasteiger partial charge in [-0.25, -0.2) is 9.50 Å². The number of aromatic nitrogens is 3. The van der Waals surface area contributed by atoms with E-state index in [0.717, 1.165) is 32.1 Å². The number of fused-ring (bicyclic) bond motifs is 1. The van der Waals surface area contributed by atoms with Crippen molar-refractivity contribution in [1.29, 1.82) is 0 Å². The highest BCUT2D eigenvalue weighted by Gasteiger charge is 2.36. The van der Waals surface area contributed by atoms with Gasteiger partial charge < -0.3 is 10.2 Å². The third kappa shape index (κ3) is 5.21. The molecule has 0 aliphatic heterocycles. The summed E-state index contributed by atoms with van der Waals surface area (Å²) in [5.41, 5.74) is -1.29. The Bertz CT molecular complexity index is 819. The molecule has 0 unspecified atom stereocenters. The summed E-state index contributed by atoms with van der Waals surface area (Å²) < 4.78 is 41.2. The van der Waals surface area contributed by atoms with Gasteiger partial charge in [0.15, 0.2) is 11.3 Å². The molecule has 2 aromatic heterocycles. The lowest BCUT2D eigenvalue weighted by Gasteiger charge is -2.19. The van der Waals surface area contributed by atoms with Crippen LogP contribution in [0, 0.1) is 0 Å². The van der Waals surface area contributed by atoms with E-state index in [-0.39, 0.29) is 11.3 Å². The molecule has 0 radical (unpaired) electrons. The van der Waals surface area contributed by atoms with Gasteiger partial charge >= 0.3 is 6.18 Å². The molecule has 0 atom stereocenters. The van der Waals surface area contributed by atoms with E-state index in [1.54, 1.807) is 20.8 Å². The first kappa shape index (κ1) is 22.1. The van der Waals surface area contributed by atoms with Crippen LogP contribution in [-0.2, 0) is 11.6 Å². The Morgan fingerprint density at radius 2 is 1.82 bits per heavy atom. The van der Waals surface area contributed by atoms with E-state index >= 15 is 0 Å². The highest BCUT2D eigenvalue weighted by atomic mass is 19.4. The van der Waals surface area contributed by atoms with Crippen LogP contribution in [0.2, 0.25) is 0 Å². The maximum Gasteiger partial charge on any atom is 0.433 e. The number of alkyl halides is 3. The molecule has 0 spiro atoms. The molecule has 0 aliphatic rings. The van der Waals surface area contributed by atoms with E-state index in [9.17, 15) is 18.0 Å². The smallest absolute Gasteiger partial charge is 0.351 e. The summed E-state index contributed by atoms with van der Waals surface area (Å²) in [5.74, 6) is -0.504. The molecule has 28 heavy (non-hydrogen) atoms. The fraction of sp³-hybridized carbons (Fsp3) is 0.632. The number of hydrogen-bond acceptors (Lipinski definition) is 4. The minimum absolute atomic E-state index is 0.00745. The molecule has 156 valence electrons. The van der Waals surface area contributed by atoms with Gasteiger partial charge in [0, 0.05) is 18.0 Å². The van der Waals surface area contributed by atoms with Gasteiger partial charge in [-0.05, 0) is 32.1 Å². The first-order chi connectivity index (χ1) is 13.0. The lowest BCUT2D eigenvalue weighted by atomic mass is 9.91. The zero-order valence-corrected chi connectivity index (χ0v) is 17.0. The molecule has 0 saturated carbocycles. The molecule has 0 saturated heterocycles. The number of rotatable bonds is 7. The van der Waals surface area contributed by atoms with Gasteiger partial charge in [0.25, 0.3) is 5.91 Å². The number of nitrogens with zero attached hydrogens (tertiary/aromatic N) is 4. The first-order valence-corrected chi connectivity index (χ1v) is 9.46. The van der Waals surface area contributed by atoms with Crippen LogP contribution in [0.3, 0.4) is 0 Å². The van der Waals surface area contributed by atoms with Crippen LogP contribution in [0.25, 0.3) is 5.65 Å². The summed E-state index contributed by atoms with van der Waals surface area (Å²) in [5, 5.41) is 6.58. The van der Waals surface area contributed by atoms with Gasteiger partial charge in [0.05, 0.1) is 5.69 Å². The number of hydrogen-bond donors (Lipinski definition) is 1. The van der Waals surface area contributed by atoms with Gasteiger partial charge in [0.1, 0.15) is 5.69 Å². The van der Waals surface area contributed by atoms with E-state index < -0.39 is 23.2 Å². The zero-order chi connectivity index (χ0) is 21.1. The van der Waals surface area contributed by atoms with Crippen molar-refractivity contribution >= 4 is 11.6 Å². The van der Waals surface area contributed by atoms with E-state index in [1.165, 1.54) is 6.07 Å². The van der Waals surface area contributed by atoms with E-state index in [4.69, 9.17) is 0 Å². The van der Waals surface area contributed by atoms with E-state index in [0.29, 0.717) is 16.8 Å². The van der Waals surface area contributed by atoms with Crippen molar-refractivity contribution < 1.29 is 18.0 Å². The highest BCUT2D eigenvalue weighted by Crippen LogP contribution is 2.32. The summed E-state index contributed by atoms with van der Waals surface area (Å²) in [6.07, 6.45) is -3.86. The minimum Gasteiger partial charge on any atom is -0.351 e. The predicted octanol–water partition coefficient (Wildman–Crippen LogP) is 3.51. The van der Waals surface area contributed by atoms with Gasteiger partial charge in [0.2, 0.25) is 0 Å². The molecule has 0 bridgehead atoms. The SMILES string of the molecule is CCN(CC)CCCNC(=O)c1cc2nc(C(C)(C)C)cc(C(F)(F)F)n2n1. The zero-order valence-electron chi connectivity index (χ0n) is 17.0. The Kier molecular flexibility index (Phi) is 6.69. The molecule has 2 heterocycles. The molecule has 0 fully saturated rings. The second kappa shape index (κ2) is 8.46. The second-order valence-corrected chi connectivity index (χ2v) is 7.71. The number of nitrogens with one attached hydrogen (secondary N) is 1. The number of carbonyl (C=O) groups excluding carboxylic acids is 1. The third-order valence-corrected chi connectivity index (χ3v) is 4.55. The van der Waals surface area contributed by atoms with Gasteiger partial charge in [-0.2, -0.15) is 18.3 Å². The molecular formula is C19H28F3N5O. The van der Waals surface area contributed by atoms with Crippen molar-refractivity contribution in [3.63, 3.8) is 0 Å². The Hall–Kier alpha value is -2.16. The van der Waals surface area contributed by atoms with E-state index in [2.05, 4.69) is 34.1 Å². The number of amides is 1. The Balaban J connectivity index is 2.24. The lowest BCUT2D eigenvalue weighted by Crippen LogP contribution is -2.30. The van der Waals surface area contributed by atoms with Crippen LogP contribution in [0.4, 0.5) is 13.2 Å². The van der Waals surface area contributed by atoms with Gasteiger partial charge in [-0.1, -0.05) is 34.6 Å². The largest absolute Gasteiger partial charge is 0.433 e. The van der Waals surface area contributed by atoms with Crippen LogP contribution in [-0.4, -0.2) is 51.6 Å². The average molecular weight is 399 g/mol. The van der Waals surface area contributed by atoms with Gasteiger partial charge in [-0.15, -0.1) is 0 Å². The predicted molar refractivity (Wildman–Crippen MR) is 101 cm³/mol. The summed E-state index contributed by atoms with van der Waals surface area (Å²) >= 11 is 0. The van der Waals surface area contributed by atoms with E-state index in [1.807, 2.05) is 0 Å². The van der Waals surface area contributed by atoms with Crippen molar-refractivity contribution in [3.05, 3.63) is 29.2 Å². The second-order valence-electron chi connectivity index (χ2n) is 7.71.